The Bertz CT molecular complexity index is 627. The monoisotopic (exact) mass is 370 g/mol. The van der Waals surface area contributed by atoms with Crippen LogP contribution in [0.1, 0.15) is 47.4 Å². The molecule has 7 nitrogen and oxygen atoms in total. The van der Waals surface area contributed by atoms with Crippen molar-refractivity contribution < 1.29 is 14.6 Å². The van der Waals surface area contributed by atoms with Crippen molar-refractivity contribution >= 4 is 18.3 Å². The molecule has 25 heavy (non-hydrogen) atoms. The number of nitrogens with two attached hydrogens (primary N) is 1. The van der Waals surface area contributed by atoms with E-state index in [4.69, 9.17) is 10.5 Å². The van der Waals surface area contributed by atoms with Gasteiger partial charge in [0, 0.05) is 42.7 Å². The number of aliphatic hydroxyl groups is 1. The summed E-state index contributed by atoms with van der Waals surface area (Å²) in [6, 6.07) is 0. The molecule has 8 heteroatoms. The molecule has 140 valence electrons. The third-order valence-electron chi connectivity index (χ3n) is 6.17. The van der Waals surface area contributed by atoms with Crippen LogP contribution in [0, 0.1) is 5.41 Å². The lowest BCUT2D eigenvalue weighted by Crippen LogP contribution is -2.63. The molecule has 1 amide bonds. The number of ether oxygens (including phenoxy) is 1. The Labute approximate surface area is 153 Å². The highest BCUT2D eigenvalue weighted by molar-refractivity contribution is 5.94. The van der Waals surface area contributed by atoms with Crippen LogP contribution in [0.2, 0.25) is 0 Å². The van der Waals surface area contributed by atoms with Crippen LogP contribution in [0.4, 0.5) is 0 Å². The molecule has 1 spiro atoms. The van der Waals surface area contributed by atoms with Crippen molar-refractivity contribution in [1.82, 2.24) is 15.1 Å². The number of H-pyrrole nitrogens is 1. The number of aromatic amines is 1. The summed E-state index contributed by atoms with van der Waals surface area (Å²) in [5.41, 5.74) is 8.15. The molecule has 2 aliphatic carbocycles. The number of halogens is 1. The smallest absolute Gasteiger partial charge is 0.274 e. The topological polar surface area (TPSA) is 104 Å². The van der Waals surface area contributed by atoms with E-state index in [1.165, 1.54) is 0 Å². The molecule has 0 aromatic carbocycles. The fourth-order valence-electron chi connectivity index (χ4n) is 4.60. The summed E-state index contributed by atoms with van der Waals surface area (Å²) in [5, 5.41) is 17.6. The zero-order valence-corrected chi connectivity index (χ0v) is 15.2. The first-order valence-electron chi connectivity index (χ1n) is 9.01. The summed E-state index contributed by atoms with van der Waals surface area (Å²) in [5.74, 6) is 0.0255. The zero-order valence-electron chi connectivity index (χ0n) is 14.4. The highest BCUT2D eigenvalue weighted by Gasteiger charge is 2.56. The average Bonchev–Trinajstić information content (AvgIpc) is 3.21. The molecule has 1 saturated carbocycles. The van der Waals surface area contributed by atoms with Gasteiger partial charge in [-0.1, -0.05) is 0 Å². The molecule has 0 unspecified atom stereocenters. The van der Waals surface area contributed by atoms with Crippen molar-refractivity contribution in [3.63, 3.8) is 0 Å². The maximum atomic E-state index is 12.8. The minimum Gasteiger partial charge on any atom is -0.392 e. The van der Waals surface area contributed by atoms with Gasteiger partial charge in [0.25, 0.3) is 5.91 Å². The van der Waals surface area contributed by atoms with E-state index in [2.05, 4.69) is 10.2 Å². The Kier molecular flexibility index (Phi) is 5.39. The first kappa shape index (κ1) is 18.6. The summed E-state index contributed by atoms with van der Waals surface area (Å²) >= 11 is 0. The Hall–Kier alpha value is -1.15. The lowest BCUT2D eigenvalue weighted by Gasteiger charge is -2.56. The predicted octanol–water partition coefficient (Wildman–Crippen LogP) is 0.651. The highest BCUT2D eigenvalue weighted by Crippen LogP contribution is 2.51. The van der Waals surface area contributed by atoms with Crippen LogP contribution in [-0.2, 0) is 17.6 Å². The number of aryl methyl sites for hydroxylation is 1. The zero-order chi connectivity index (χ0) is 16.7. The maximum Gasteiger partial charge on any atom is 0.274 e. The van der Waals surface area contributed by atoms with E-state index < -0.39 is 0 Å². The van der Waals surface area contributed by atoms with Gasteiger partial charge in [0.05, 0.1) is 18.8 Å². The molecule has 1 aromatic heterocycles. The summed E-state index contributed by atoms with van der Waals surface area (Å²) in [7, 11) is 0. The summed E-state index contributed by atoms with van der Waals surface area (Å²) in [4.78, 5) is 14.7. The molecule has 4 N–H and O–H groups in total. The number of rotatable bonds is 4. The van der Waals surface area contributed by atoms with Gasteiger partial charge in [-0.05, 0) is 32.1 Å². The van der Waals surface area contributed by atoms with Crippen molar-refractivity contribution in [3.8, 4) is 0 Å². The number of hydrogen-bond acceptors (Lipinski definition) is 5. The Morgan fingerprint density at radius 1 is 1.40 bits per heavy atom. The fourth-order valence-corrected chi connectivity index (χ4v) is 4.60. The van der Waals surface area contributed by atoms with Gasteiger partial charge in [0.15, 0.2) is 5.69 Å². The maximum absolute atomic E-state index is 12.8. The van der Waals surface area contributed by atoms with Crippen LogP contribution in [0.5, 0.6) is 0 Å². The van der Waals surface area contributed by atoms with E-state index in [0.717, 1.165) is 43.4 Å². The Morgan fingerprint density at radius 3 is 2.84 bits per heavy atom. The number of fused-ring (bicyclic) bond motifs is 1. The second-order valence-corrected chi connectivity index (χ2v) is 7.31. The number of aromatic nitrogens is 2. The average molecular weight is 371 g/mol. The van der Waals surface area contributed by atoms with Crippen molar-refractivity contribution in [2.45, 2.75) is 50.7 Å². The molecule has 2 heterocycles. The second-order valence-electron chi connectivity index (χ2n) is 7.31. The van der Waals surface area contributed by atoms with Crippen LogP contribution in [-0.4, -0.2) is 64.6 Å². The van der Waals surface area contributed by atoms with Gasteiger partial charge >= 0.3 is 0 Å². The summed E-state index contributed by atoms with van der Waals surface area (Å²) < 4.78 is 5.81. The molecule has 2 atom stereocenters. The SMILES string of the molecule is Cl.NCCO[C@H]1C[C@@H](O)C12CCN(C(=O)c1n[nH]c3c1CCC3)CC2. The van der Waals surface area contributed by atoms with E-state index in [-0.39, 0.29) is 35.9 Å². The number of carbonyl (C=O) groups is 1. The molecular formula is C17H27ClN4O3. The molecule has 1 aliphatic heterocycles. The Morgan fingerprint density at radius 2 is 2.16 bits per heavy atom. The minimum absolute atomic E-state index is 0. The van der Waals surface area contributed by atoms with Crippen LogP contribution in [0.25, 0.3) is 0 Å². The number of aliphatic hydroxyl groups excluding tert-OH is 1. The summed E-state index contributed by atoms with van der Waals surface area (Å²) in [6.45, 7) is 2.33. The third kappa shape index (κ3) is 2.97. The van der Waals surface area contributed by atoms with Crippen molar-refractivity contribution in [2.24, 2.45) is 11.1 Å². The molecule has 1 saturated heterocycles. The first-order valence-corrected chi connectivity index (χ1v) is 9.01. The number of nitrogens with one attached hydrogen (secondary N) is 1. The van der Waals surface area contributed by atoms with Crippen LogP contribution in [0.15, 0.2) is 0 Å². The second kappa shape index (κ2) is 7.23. The van der Waals surface area contributed by atoms with E-state index >= 15 is 0 Å². The number of likely N-dealkylation sites (tertiary alicyclic amines) is 1. The van der Waals surface area contributed by atoms with Gasteiger partial charge in [-0.25, -0.2) is 0 Å². The number of carbonyl (C=O) groups excluding carboxylic acids is 1. The largest absolute Gasteiger partial charge is 0.392 e. The van der Waals surface area contributed by atoms with Crippen LogP contribution < -0.4 is 5.73 Å². The third-order valence-corrected chi connectivity index (χ3v) is 6.17. The van der Waals surface area contributed by atoms with E-state index in [1.54, 1.807) is 0 Å². The van der Waals surface area contributed by atoms with Gasteiger partial charge in [0.2, 0.25) is 0 Å². The number of amides is 1. The van der Waals surface area contributed by atoms with Crippen molar-refractivity contribution in [1.29, 1.82) is 0 Å². The molecule has 0 bridgehead atoms. The molecule has 1 aromatic rings. The van der Waals surface area contributed by atoms with Gasteiger partial charge in [-0.3, -0.25) is 9.89 Å². The van der Waals surface area contributed by atoms with E-state index in [1.807, 2.05) is 4.90 Å². The minimum atomic E-state index is -0.327. The fraction of sp³-hybridized carbons (Fsp3) is 0.765. The normalized spacial score (nSPS) is 26.9. The molecule has 0 radical (unpaired) electrons. The molecule has 4 rings (SSSR count). The number of hydrogen-bond donors (Lipinski definition) is 3. The van der Waals surface area contributed by atoms with Gasteiger partial charge in [-0.2, -0.15) is 5.10 Å². The quantitative estimate of drug-likeness (QED) is 0.721. The van der Waals surface area contributed by atoms with Crippen LogP contribution >= 0.6 is 12.4 Å². The lowest BCUT2D eigenvalue weighted by molar-refractivity contribution is -0.208. The van der Waals surface area contributed by atoms with Crippen molar-refractivity contribution in [2.75, 3.05) is 26.2 Å². The standard InChI is InChI=1S/C17H26N4O3.ClH/c18-6-9-24-14-10-13(22)17(14)4-7-21(8-5-17)16(23)15-11-2-1-3-12(11)19-20-15;/h13-14,22H,1-10,18H2,(H,19,20);1H/t13-,14+;/m1./s1. The number of piperidine rings is 1. The molecule has 3 aliphatic rings. The van der Waals surface area contributed by atoms with E-state index in [9.17, 15) is 9.90 Å². The predicted molar refractivity (Wildman–Crippen MR) is 94.8 cm³/mol. The van der Waals surface area contributed by atoms with E-state index in [0.29, 0.717) is 38.4 Å². The molecule has 2 fully saturated rings. The van der Waals surface area contributed by atoms with Gasteiger partial charge in [-0.15, -0.1) is 12.4 Å². The highest BCUT2D eigenvalue weighted by atomic mass is 35.5. The first-order chi connectivity index (χ1) is 11.7. The Balaban J connectivity index is 0.00000182. The van der Waals surface area contributed by atoms with Gasteiger partial charge in [0.1, 0.15) is 0 Å². The number of nitrogens with zero attached hydrogens (tertiary/aromatic N) is 2. The van der Waals surface area contributed by atoms with Crippen LogP contribution in [0.3, 0.4) is 0 Å². The van der Waals surface area contributed by atoms with Crippen molar-refractivity contribution in [3.05, 3.63) is 17.0 Å². The molecular weight excluding hydrogens is 344 g/mol. The van der Waals surface area contributed by atoms with Gasteiger partial charge < -0.3 is 20.5 Å². The summed E-state index contributed by atoms with van der Waals surface area (Å²) in [6.07, 6.45) is 5.02. The lowest BCUT2D eigenvalue weighted by atomic mass is 9.58.